The van der Waals surface area contributed by atoms with Crippen LogP contribution in [0.25, 0.3) is 103 Å². The van der Waals surface area contributed by atoms with Crippen LogP contribution in [-0.4, -0.2) is 14.5 Å². The molecule has 0 unspecified atom stereocenters. The number of para-hydroxylation sites is 1. The van der Waals surface area contributed by atoms with Gasteiger partial charge in [-0.25, -0.2) is 9.97 Å². The number of rotatable bonds is 3. The van der Waals surface area contributed by atoms with Crippen LogP contribution in [0.3, 0.4) is 0 Å². The van der Waals surface area contributed by atoms with Crippen molar-refractivity contribution in [2.24, 2.45) is 0 Å². The maximum Gasteiger partial charge on any atom is 0.235 e. The first kappa shape index (κ1) is 27.6. The van der Waals surface area contributed by atoms with Crippen molar-refractivity contribution in [2.45, 2.75) is 0 Å². The minimum Gasteiger partial charge on any atom is -0.278 e. The van der Waals surface area contributed by atoms with Gasteiger partial charge in [-0.3, -0.25) is 4.57 Å². The molecule has 4 heteroatoms. The van der Waals surface area contributed by atoms with Gasteiger partial charge in [-0.2, -0.15) is 0 Å². The van der Waals surface area contributed by atoms with Crippen LogP contribution in [0, 0.1) is 0 Å². The van der Waals surface area contributed by atoms with E-state index in [0.717, 1.165) is 38.8 Å². The van der Waals surface area contributed by atoms with Gasteiger partial charge in [0.15, 0.2) is 0 Å². The molecule has 0 aliphatic carbocycles. The lowest BCUT2D eigenvalue weighted by atomic mass is 9.97. The number of hydrogen-bond acceptors (Lipinski definition) is 3. The number of thiophene rings is 1. The fourth-order valence-corrected chi connectivity index (χ4v) is 9.20. The third kappa shape index (κ3) is 3.97. The Morgan fingerprint density at radius 2 is 1.10 bits per heavy atom. The van der Waals surface area contributed by atoms with Crippen molar-refractivity contribution in [3.8, 4) is 28.3 Å². The van der Waals surface area contributed by atoms with Gasteiger partial charge in [-0.1, -0.05) is 133 Å². The molecule has 0 spiro atoms. The SMILES string of the molecule is c1ccc(-c2ccc3nc(-n4c5ccccc5c5c6ccc7ccc8c9ccccc9sc8c7c6ccc54)nc(-c4ccccc4)c3c2)cc1. The van der Waals surface area contributed by atoms with Gasteiger partial charge in [0.1, 0.15) is 0 Å². The lowest BCUT2D eigenvalue weighted by molar-refractivity contribution is 1.01. The second kappa shape index (κ2) is 10.6. The zero-order chi connectivity index (χ0) is 32.8. The first-order chi connectivity index (χ1) is 24.8. The molecule has 0 bridgehead atoms. The average Bonchev–Trinajstić information content (AvgIpc) is 3.74. The van der Waals surface area contributed by atoms with Crippen molar-refractivity contribution in [3.05, 3.63) is 164 Å². The number of aromatic nitrogens is 3. The van der Waals surface area contributed by atoms with Gasteiger partial charge >= 0.3 is 0 Å². The molecule has 0 aliphatic rings. The van der Waals surface area contributed by atoms with E-state index in [1.54, 1.807) is 0 Å². The molecule has 0 fully saturated rings. The Hall–Kier alpha value is -6.36. The molecule has 0 amide bonds. The molecule has 8 aromatic carbocycles. The van der Waals surface area contributed by atoms with Crippen LogP contribution in [0.4, 0.5) is 0 Å². The summed E-state index contributed by atoms with van der Waals surface area (Å²) < 4.78 is 4.92. The van der Waals surface area contributed by atoms with Crippen molar-refractivity contribution in [1.82, 2.24) is 14.5 Å². The highest BCUT2D eigenvalue weighted by Gasteiger charge is 2.20. The molecule has 11 aromatic rings. The molecule has 11 rings (SSSR count). The quantitative estimate of drug-likeness (QED) is 0.178. The Kier molecular flexibility index (Phi) is 5.83. The molecular weight excluding hydrogens is 627 g/mol. The molecule has 3 aromatic heterocycles. The first-order valence-corrected chi connectivity index (χ1v) is 17.7. The molecule has 3 nitrogen and oxygen atoms in total. The van der Waals surface area contributed by atoms with E-state index >= 15 is 0 Å². The Balaban J connectivity index is 1.22. The topological polar surface area (TPSA) is 30.7 Å². The molecule has 50 heavy (non-hydrogen) atoms. The summed E-state index contributed by atoms with van der Waals surface area (Å²) >= 11 is 1.89. The smallest absolute Gasteiger partial charge is 0.235 e. The molecule has 0 saturated heterocycles. The molecule has 0 saturated carbocycles. The predicted molar refractivity (Wildman–Crippen MR) is 213 cm³/mol. The molecule has 232 valence electrons. The Morgan fingerprint density at radius 3 is 1.94 bits per heavy atom. The normalized spacial score (nSPS) is 12.0. The molecule has 0 radical (unpaired) electrons. The molecule has 0 atom stereocenters. The average molecular weight is 654 g/mol. The van der Waals surface area contributed by atoms with E-state index in [1.807, 2.05) is 11.3 Å². The predicted octanol–water partition coefficient (Wildman–Crippen LogP) is 12.7. The van der Waals surface area contributed by atoms with Crippen LogP contribution in [0.1, 0.15) is 0 Å². The lowest BCUT2D eigenvalue weighted by Gasteiger charge is -2.13. The van der Waals surface area contributed by atoms with E-state index in [0.29, 0.717) is 5.95 Å². The Bertz CT molecular complexity index is 3140. The summed E-state index contributed by atoms with van der Waals surface area (Å²) in [7, 11) is 0. The standard InChI is InChI=1S/C46H27N3S/c1-3-11-28(12-4-1)31-21-25-38-37(27-31)44(30-13-5-2-6-14-30)48-46(47-38)49-39-17-9-7-16-36(39)43-34-22-19-29-20-23-35-32-15-8-10-18-41(32)50-45(35)42(29)33(34)24-26-40(43)49/h1-27H. The minimum atomic E-state index is 0.669. The third-order valence-electron chi connectivity index (χ3n) is 10.2. The largest absolute Gasteiger partial charge is 0.278 e. The summed E-state index contributed by atoms with van der Waals surface area (Å²) in [5.74, 6) is 0.669. The molecule has 0 N–H and O–H groups in total. The number of hydrogen-bond donors (Lipinski definition) is 0. The van der Waals surface area contributed by atoms with Gasteiger partial charge in [-0.15, -0.1) is 11.3 Å². The van der Waals surface area contributed by atoms with Crippen molar-refractivity contribution in [3.63, 3.8) is 0 Å². The van der Waals surface area contributed by atoms with Crippen LogP contribution in [0.5, 0.6) is 0 Å². The van der Waals surface area contributed by atoms with E-state index in [1.165, 1.54) is 58.1 Å². The van der Waals surface area contributed by atoms with Gasteiger partial charge in [0.05, 0.1) is 22.2 Å². The maximum absolute atomic E-state index is 5.40. The number of fused-ring (bicyclic) bond motifs is 12. The highest BCUT2D eigenvalue weighted by molar-refractivity contribution is 7.26. The van der Waals surface area contributed by atoms with E-state index in [2.05, 4.69) is 168 Å². The van der Waals surface area contributed by atoms with Crippen LogP contribution in [0.15, 0.2) is 164 Å². The van der Waals surface area contributed by atoms with Crippen LogP contribution >= 0.6 is 11.3 Å². The Labute approximate surface area is 291 Å². The van der Waals surface area contributed by atoms with Gasteiger partial charge < -0.3 is 0 Å². The van der Waals surface area contributed by atoms with Gasteiger partial charge in [0.2, 0.25) is 5.95 Å². The van der Waals surface area contributed by atoms with Crippen LogP contribution in [0.2, 0.25) is 0 Å². The van der Waals surface area contributed by atoms with E-state index in [-0.39, 0.29) is 0 Å². The maximum atomic E-state index is 5.40. The van der Waals surface area contributed by atoms with Gasteiger partial charge in [0.25, 0.3) is 0 Å². The summed E-state index contributed by atoms with van der Waals surface area (Å²) in [5.41, 5.74) is 7.42. The van der Waals surface area contributed by atoms with Gasteiger partial charge in [0, 0.05) is 47.3 Å². The molecular formula is C46H27N3S. The summed E-state index contributed by atoms with van der Waals surface area (Å²) in [6.45, 7) is 0. The minimum absolute atomic E-state index is 0.669. The monoisotopic (exact) mass is 653 g/mol. The summed E-state index contributed by atoms with van der Waals surface area (Å²) in [6, 6.07) is 58.7. The zero-order valence-electron chi connectivity index (χ0n) is 26.8. The highest BCUT2D eigenvalue weighted by atomic mass is 32.1. The highest BCUT2D eigenvalue weighted by Crippen LogP contribution is 2.44. The summed E-state index contributed by atoms with van der Waals surface area (Å²) in [6.07, 6.45) is 0. The summed E-state index contributed by atoms with van der Waals surface area (Å²) in [4.78, 5) is 10.7. The van der Waals surface area contributed by atoms with Crippen molar-refractivity contribution >= 4 is 85.8 Å². The van der Waals surface area contributed by atoms with Crippen LogP contribution in [-0.2, 0) is 0 Å². The number of nitrogens with zero attached hydrogens (tertiary/aromatic N) is 3. The zero-order valence-corrected chi connectivity index (χ0v) is 27.7. The fourth-order valence-electron chi connectivity index (χ4n) is 7.93. The summed E-state index contributed by atoms with van der Waals surface area (Å²) in [5, 5.41) is 11.2. The van der Waals surface area contributed by atoms with Crippen molar-refractivity contribution in [1.29, 1.82) is 0 Å². The first-order valence-electron chi connectivity index (χ1n) is 16.9. The van der Waals surface area contributed by atoms with E-state index in [4.69, 9.17) is 9.97 Å². The number of benzene rings is 8. The van der Waals surface area contributed by atoms with Crippen molar-refractivity contribution in [2.75, 3.05) is 0 Å². The Morgan fingerprint density at radius 1 is 0.420 bits per heavy atom. The second-order valence-electron chi connectivity index (χ2n) is 12.9. The van der Waals surface area contributed by atoms with E-state index < -0.39 is 0 Å². The van der Waals surface area contributed by atoms with E-state index in [9.17, 15) is 0 Å². The third-order valence-corrected chi connectivity index (χ3v) is 11.4. The molecule has 0 aliphatic heterocycles. The van der Waals surface area contributed by atoms with Gasteiger partial charge in [-0.05, 0) is 57.6 Å². The fraction of sp³-hybridized carbons (Fsp3) is 0. The molecule has 3 heterocycles. The van der Waals surface area contributed by atoms with Crippen molar-refractivity contribution < 1.29 is 0 Å². The second-order valence-corrected chi connectivity index (χ2v) is 14.0. The van der Waals surface area contributed by atoms with Crippen LogP contribution < -0.4 is 0 Å². The lowest BCUT2D eigenvalue weighted by Crippen LogP contribution is -2.03.